The molecule has 0 bridgehead atoms. The number of amides is 1. The number of carbonyl (C=O) groups excluding carboxylic acids is 1. The predicted octanol–water partition coefficient (Wildman–Crippen LogP) is 3.40. The Labute approximate surface area is 158 Å². The molecule has 4 rings (SSSR count). The smallest absolute Gasteiger partial charge is 0.246 e. The number of hydrogen-bond acceptors (Lipinski definition) is 8. The summed E-state index contributed by atoms with van der Waals surface area (Å²) in [5.41, 5.74) is 1.86. The molecule has 4 heterocycles. The van der Waals surface area contributed by atoms with E-state index < -0.39 is 0 Å². The van der Waals surface area contributed by atoms with Crippen LogP contribution in [0.4, 0.5) is 16.8 Å². The van der Waals surface area contributed by atoms with Crippen molar-refractivity contribution in [1.82, 2.24) is 19.2 Å². The van der Waals surface area contributed by atoms with Crippen molar-refractivity contribution in [2.24, 2.45) is 0 Å². The SMILES string of the molecule is C=CC(=O)N1CCC(Nc2nc(Nc3cc(C)ns3)nc3ccsc23)C1. The maximum absolute atomic E-state index is 11.8. The molecule has 134 valence electrons. The highest BCUT2D eigenvalue weighted by molar-refractivity contribution is 7.17. The number of anilines is 3. The lowest BCUT2D eigenvalue weighted by Crippen LogP contribution is -2.30. The van der Waals surface area contributed by atoms with Crippen LogP contribution in [0.15, 0.2) is 30.2 Å². The van der Waals surface area contributed by atoms with Gasteiger partial charge in [0.05, 0.1) is 15.9 Å². The first kappa shape index (κ1) is 16.9. The van der Waals surface area contributed by atoms with Crippen molar-refractivity contribution in [2.75, 3.05) is 23.7 Å². The third-order valence-electron chi connectivity index (χ3n) is 4.18. The van der Waals surface area contributed by atoms with Gasteiger partial charge in [-0.15, -0.1) is 11.3 Å². The Morgan fingerprint density at radius 2 is 2.35 bits per heavy atom. The molecular formula is C17H18N6OS2. The number of fused-ring (bicyclic) bond motifs is 1. The Morgan fingerprint density at radius 3 is 3.12 bits per heavy atom. The number of nitrogens with one attached hydrogen (secondary N) is 2. The Morgan fingerprint density at radius 1 is 1.46 bits per heavy atom. The fraction of sp³-hybridized carbons (Fsp3) is 0.294. The maximum Gasteiger partial charge on any atom is 0.246 e. The van der Waals surface area contributed by atoms with Gasteiger partial charge in [-0.05, 0) is 48.5 Å². The quantitative estimate of drug-likeness (QED) is 0.654. The Kier molecular flexibility index (Phi) is 4.56. The average Bonchev–Trinajstić information content (AvgIpc) is 3.35. The summed E-state index contributed by atoms with van der Waals surface area (Å²) in [4.78, 5) is 22.8. The van der Waals surface area contributed by atoms with E-state index in [1.165, 1.54) is 17.6 Å². The van der Waals surface area contributed by atoms with E-state index in [2.05, 4.69) is 31.6 Å². The molecular weight excluding hydrogens is 368 g/mol. The van der Waals surface area contributed by atoms with Gasteiger partial charge in [0.2, 0.25) is 11.9 Å². The summed E-state index contributed by atoms with van der Waals surface area (Å²) in [6, 6.07) is 4.12. The minimum Gasteiger partial charge on any atom is -0.364 e. The first-order valence-electron chi connectivity index (χ1n) is 8.26. The van der Waals surface area contributed by atoms with Gasteiger partial charge < -0.3 is 15.5 Å². The van der Waals surface area contributed by atoms with Crippen molar-refractivity contribution >= 4 is 55.8 Å². The largest absolute Gasteiger partial charge is 0.364 e. The number of aromatic nitrogens is 3. The average molecular weight is 387 g/mol. The second kappa shape index (κ2) is 7.00. The highest BCUT2D eigenvalue weighted by Crippen LogP contribution is 2.30. The van der Waals surface area contributed by atoms with Crippen molar-refractivity contribution in [2.45, 2.75) is 19.4 Å². The lowest BCUT2D eigenvalue weighted by molar-refractivity contribution is -0.125. The van der Waals surface area contributed by atoms with E-state index in [0.717, 1.165) is 39.7 Å². The minimum absolute atomic E-state index is 0.0267. The summed E-state index contributed by atoms with van der Waals surface area (Å²) in [7, 11) is 0. The zero-order valence-corrected chi connectivity index (χ0v) is 15.9. The molecule has 1 aliphatic rings. The van der Waals surface area contributed by atoms with Gasteiger partial charge in [-0.2, -0.15) is 9.36 Å². The van der Waals surface area contributed by atoms with Crippen LogP contribution in [-0.2, 0) is 4.79 Å². The number of likely N-dealkylation sites (tertiary alicyclic amines) is 1. The molecule has 1 atom stereocenters. The molecule has 0 aliphatic carbocycles. The van der Waals surface area contributed by atoms with Crippen molar-refractivity contribution in [3.05, 3.63) is 35.9 Å². The molecule has 0 spiro atoms. The Bertz CT molecular complexity index is 965. The fourth-order valence-electron chi connectivity index (χ4n) is 2.95. The van der Waals surface area contributed by atoms with Crippen molar-refractivity contribution in [1.29, 1.82) is 0 Å². The van der Waals surface area contributed by atoms with Gasteiger partial charge in [0.25, 0.3) is 0 Å². The summed E-state index contributed by atoms with van der Waals surface area (Å²) < 4.78 is 5.29. The summed E-state index contributed by atoms with van der Waals surface area (Å²) >= 11 is 2.99. The van der Waals surface area contributed by atoms with Crippen LogP contribution in [0.1, 0.15) is 12.1 Å². The predicted molar refractivity (Wildman–Crippen MR) is 106 cm³/mol. The van der Waals surface area contributed by atoms with Crippen LogP contribution in [0.3, 0.4) is 0 Å². The second-order valence-corrected chi connectivity index (χ2v) is 7.83. The summed E-state index contributed by atoms with van der Waals surface area (Å²) in [5, 5.41) is 9.63. The minimum atomic E-state index is -0.0267. The molecule has 1 amide bonds. The lowest BCUT2D eigenvalue weighted by atomic mass is 10.2. The van der Waals surface area contributed by atoms with Crippen molar-refractivity contribution in [3.8, 4) is 0 Å². The van der Waals surface area contributed by atoms with E-state index in [9.17, 15) is 4.79 Å². The van der Waals surface area contributed by atoms with Crippen LogP contribution >= 0.6 is 22.9 Å². The van der Waals surface area contributed by atoms with Crippen LogP contribution < -0.4 is 10.6 Å². The van der Waals surface area contributed by atoms with Crippen LogP contribution in [0.25, 0.3) is 10.2 Å². The van der Waals surface area contributed by atoms with Crippen molar-refractivity contribution in [3.63, 3.8) is 0 Å². The molecule has 3 aromatic rings. The second-order valence-electron chi connectivity index (χ2n) is 6.11. The fourth-order valence-corrected chi connectivity index (χ4v) is 4.39. The normalized spacial score (nSPS) is 16.8. The molecule has 1 saturated heterocycles. The van der Waals surface area contributed by atoms with Gasteiger partial charge in [-0.25, -0.2) is 4.98 Å². The van der Waals surface area contributed by atoms with E-state index in [1.54, 1.807) is 16.2 Å². The molecule has 26 heavy (non-hydrogen) atoms. The van der Waals surface area contributed by atoms with Crippen LogP contribution in [-0.4, -0.2) is 44.3 Å². The van der Waals surface area contributed by atoms with Crippen molar-refractivity contribution < 1.29 is 4.79 Å². The third kappa shape index (κ3) is 3.40. The molecule has 3 aromatic heterocycles. The van der Waals surface area contributed by atoms with E-state index in [1.807, 2.05) is 24.4 Å². The Balaban J connectivity index is 1.57. The number of aryl methyl sites for hydroxylation is 1. The van der Waals surface area contributed by atoms with Crippen LogP contribution in [0.2, 0.25) is 0 Å². The molecule has 2 N–H and O–H groups in total. The van der Waals surface area contributed by atoms with Gasteiger partial charge in [-0.3, -0.25) is 4.79 Å². The first-order valence-corrected chi connectivity index (χ1v) is 9.91. The monoisotopic (exact) mass is 386 g/mol. The zero-order chi connectivity index (χ0) is 18.1. The third-order valence-corrected chi connectivity index (χ3v) is 5.89. The summed E-state index contributed by atoms with van der Waals surface area (Å²) in [5.74, 6) is 1.31. The highest BCUT2D eigenvalue weighted by atomic mass is 32.1. The summed E-state index contributed by atoms with van der Waals surface area (Å²) in [6.07, 6.45) is 2.25. The van der Waals surface area contributed by atoms with E-state index >= 15 is 0 Å². The van der Waals surface area contributed by atoms with E-state index in [0.29, 0.717) is 12.5 Å². The van der Waals surface area contributed by atoms with Gasteiger partial charge in [0, 0.05) is 19.1 Å². The molecule has 1 unspecified atom stereocenters. The first-order chi connectivity index (χ1) is 12.6. The molecule has 1 fully saturated rings. The highest BCUT2D eigenvalue weighted by Gasteiger charge is 2.25. The summed E-state index contributed by atoms with van der Waals surface area (Å²) in [6.45, 7) is 6.89. The molecule has 1 aliphatic heterocycles. The number of hydrogen-bond donors (Lipinski definition) is 2. The molecule has 0 saturated carbocycles. The standard InChI is InChI=1S/C17H18N6OS2/c1-3-14(24)23-6-4-11(9-23)18-16-15-12(5-7-25-15)19-17(21-16)20-13-8-10(2)22-26-13/h3,5,7-8,11H,1,4,6,9H2,2H3,(H2,18,19,20,21). The van der Waals surface area contributed by atoms with E-state index in [-0.39, 0.29) is 11.9 Å². The van der Waals surface area contributed by atoms with Gasteiger partial charge in [0.1, 0.15) is 10.8 Å². The number of rotatable bonds is 5. The van der Waals surface area contributed by atoms with Gasteiger partial charge in [0.15, 0.2) is 0 Å². The topological polar surface area (TPSA) is 83.0 Å². The van der Waals surface area contributed by atoms with Gasteiger partial charge >= 0.3 is 0 Å². The molecule has 0 aromatic carbocycles. The van der Waals surface area contributed by atoms with Crippen LogP contribution in [0.5, 0.6) is 0 Å². The number of thiophene rings is 1. The Hall–Kier alpha value is -2.52. The number of nitrogens with zero attached hydrogens (tertiary/aromatic N) is 4. The molecule has 9 heteroatoms. The molecule has 0 radical (unpaired) electrons. The zero-order valence-electron chi connectivity index (χ0n) is 14.2. The number of carbonyl (C=O) groups is 1. The van der Waals surface area contributed by atoms with Crippen LogP contribution in [0, 0.1) is 6.92 Å². The molecule has 7 nitrogen and oxygen atoms in total. The maximum atomic E-state index is 11.8. The van der Waals surface area contributed by atoms with E-state index in [4.69, 9.17) is 0 Å². The lowest BCUT2D eigenvalue weighted by Gasteiger charge is -2.16. The van der Waals surface area contributed by atoms with Gasteiger partial charge in [-0.1, -0.05) is 6.58 Å².